The Morgan fingerprint density at radius 3 is 2.71 bits per heavy atom. The zero-order valence-corrected chi connectivity index (χ0v) is 9.67. The molecule has 2 nitrogen and oxygen atoms in total. The zero-order valence-electron chi connectivity index (χ0n) is 8.09. The highest BCUT2D eigenvalue weighted by atomic mass is 79.9. The average molecular weight is 257 g/mol. The molecule has 0 heterocycles. The van der Waals surface area contributed by atoms with Crippen LogP contribution in [0, 0.1) is 0 Å². The van der Waals surface area contributed by atoms with Crippen LogP contribution >= 0.6 is 15.9 Å². The minimum atomic E-state index is -0.547. The molecule has 1 aliphatic rings. The smallest absolute Gasteiger partial charge is 0.0899 e. The fourth-order valence-corrected chi connectivity index (χ4v) is 2.01. The van der Waals surface area contributed by atoms with Gasteiger partial charge in [-0.1, -0.05) is 28.1 Å². The van der Waals surface area contributed by atoms with E-state index < -0.39 is 5.60 Å². The number of ether oxygens (including phenoxy) is 1. The molecule has 0 atom stereocenters. The van der Waals surface area contributed by atoms with Crippen LogP contribution in [0.5, 0.6) is 0 Å². The molecular weight excluding hydrogens is 244 g/mol. The Morgan fingerprint density at radius 1 is 1.50 bits per heavy atom. The van der Waals surface area contributed by atoms with Crippen molar-refractivity contribution in [2.24, 2.45) is 0 Å². The second-order valence-electron chi connectivity index (χ2n) is 3.77. The third kappa shape index (κ3) is 1.85. The first-order valence-corrected chi connectivity index (χ1v) is 5.45. The van der Waals surface area contributed by atoms with Crippen LogP contribution in [0.2, 0.25) is 0 Å². The molecule has 1 fully saturated rings. The van der Waals surface area contributed by atoms with Gasteiger partial charge in [0.05, 0.1) is 12.2 Å². The molecule has 0 amide bonds. The first-order valence-electron chi connectivity index (χ1n) is 4.66. The lowest BCUT2D eigenvalue weighted by atomic mass is 10.1. The molecule has 14 heavy (non-hydrogen) atoms. The van der Waals surface area contributed by atoms with Gasteiger partial charge < -0.3 is 9.84 Å². The van der Waals surface area contributed by atoms with Crippen LogP contribution in [0.25, 0.3) is 0 Å². The number of rotatable bonds is 3. The molecule has 0 saturated heterocycles. The van der Waals surface area contributed by atoms with Gasteiger partial charge in [-0.2, -0.15) is 0 Å². The van der Waals surface area contributed by atoms with E-state index >= 15 is 0 Å². The molecule has 0 bridgehead atoms. The van der Waals surface area contributed by atoms with Crippen molar-refractivity contribution in [1.82, 2.24) is 0 Å². The first kappa shape index (κ1) is 10.1. The summed E-state index contributed by atoms with van der Waals surface area (Å²) in [6.07, 6.45) is 1.76. The molecule has 0 radical (unpaired) electrons. The largest absolute Gasteiger partial charge is 0.385 e. The van der Waals surface area contributed by atoms with Crippen molar-refractivity contribution in [2.45, 2.75) is 25.0 Å². The van der Waals surface area contributed by atoms with Crippen molar-refractivity contribution in [1.29, 1.82) is 0 Å². The number of hydrogen-bond acceptors (Lipinski definition) is 2. The normalized spacial score (nSPS) is 18.2. The van der Waals surface area contributed by atoms with E-state index in [1.54, 1.807) is 7.11 Å². The standard InChI is InChI=1S/C11H13BrO2/c1-14-7-8-2-3-9(6-10(8)12)11(13)4-5-11/h2-3,6,13H,4-5,7H2,1H3. The van der Waals surface area contributed by atoms with E-state index in [9.17, 15) is 5.11 Å². The lowest BCUT2D eigenvalue weighted by Gasteiger charge is -2.10. The summed E-state index contributed by atoms with van der Waals surface area (Å²) in [6.45, 7) is 0.597. The third-order valence-electron chi connectivity index (χ3n) is 2.61. The molecule has 1 aromatic carbocycles. The van der Waals surface area contributed by atoms with Gasteiger partial charge in [0.2, 0.25) is 0 Å². The molecule has 1 N–H and O–H groups in total. The summed E-state index contributed by atoms with van der Waals surface area (Å²) in [5, 5.41) is 9.89. The van der Waals surface area contributed by atoms with Crippen molar-refractivity contribution in [3.8, 4) is 0 Å². The van der Waals surface area contributed by atoms with Gasteiger partial charge in [-0.15, -0.1) is 0 Å². The number of halogens is 1. The summed E-state index contributed by atoms with van der Waals surface area (Å²) in [7, 11) is 1.68. The van der Waals surface area contributed by atoms with Crippen molar-refractivity contribution in [3.05, 3.63) is 33.8 Å². The number of benzene rings is 1. The Morgan fingerprint density at radius 2 is 2.21 bits per heavy atom. The predicted octanol–water partition coefficient (Wildman–Crippen LogP) is 2.58. The molecule has 1 aromatic rings. The van der Waals surface area contributed by atoms with Crippen molar-refractivity contribution < 1.29 is 9.84 Å². The van der Waals surface area contributed by atoms with Crippen LogP contribution in [0.4, 0.5) is 0 Å². The lowest BCUT2D eigenvalue weighted by molar-refractivity contribution is 0.151. The van der Waals surface area contributed by atoms with E-state index in [0.717, 1.165) is 28.4 Å². The molecule has 0 aliphatic heterocycles. The summed E-state index contributed by atoms with van der Waals surface area (Å²) in [4.78, 5) is 0. The number of hydrogen-bond donors (Lipinski definition) is 1. The molecule has 0 aromatic heterocycles. The monoisotopic (exact) mass is 256 g/mol. The Bertz CT molecular complexity index is 345. The number of aliphatic hydroxyl groups is 1. The van der Waals surface area contributed by atoms with Crippen LogP contribution < -0.4 is 0 Å². The molecule has 1 saturated carbocycles. The second kappa shape index (κ2) is 3.65. The second-order valence-corrected chi connectivity index (χ2v) is 4.63. The molecule has 1 aliphatic carbocycles. The Labute approximate surface area is 92.0 Å². The Kier molecular flexibility index (Phi) is 2.64. The minimum absolute atomic E-state index is 0.547. The Balaban J connectivity index is 2.26. The summed E-state index contributed by atoms with van der Waals surface area (Å²) >= 11 is 3.48. The van der Waals surface area contributed by atoms with Gasteiger partial charge in [-0.05, 0) is 30.0 Å². The van der Waals surface area contributed by atoms with E-state index in [1.165, 1.54) is 0 Å². The predicted molar refractivity (Wildman–Crippen MR) is 58.0 cm³/mol. The summed E-state index contributed by atoms with van der Waals surface area (Å²) in [5.41, 5.74) is 1.57. The first-order chi connectivity index (χ1) is 6.65. The highest BCUT2D eigenvalue weighted by molar-refractivity contribution is 9.10. The highest BCUT2D eigenvalue weighted by Crippen LogP contribution is 2.46. The summed E-state index contributed by atoms with van der Waals surface area (Å²) in [6, 6.07) is 5.96. The van der Waals surface area contributed by atoms with Gasteiger partial charge in [0, 0.05) is 11.6 Å². The van der Waals surface area contributed by atoms with Crippen molar-refractivity contribution in [2.75, 3.05) is 7.11 Å². The van der Waals surface area contributed by atoms with Crippen LogP contribution in [-0.2, 0) is 16.9 Å². The zero-order chi connectivity index (χ0) is 10.2. The maximum absolute atomic E-state index is 9.89. The van der Waals surface area contributed by atoms with Gasteiger partial charge in [-0.3, -0.25) is 0 Å². The van der Waals surface area contributed by atoms with E-state index in [2.05, 4.69) is 15.9 Å². The third-order valence-corrected chi connectivity index (χ3v) is 3.35. The fraction of sp³-hybridized carbons (Fsp3) is 0.455. The molecule has 0 spiro atoms. The van der Waals surface area contributed by atoms with Gasteiger partial charge in [0.25, 0.3) is 0 Å². The van der Waals surface area contributed by atoms with E-state index in [-0.39, 0.29) is 0 Å². The number of methoxy groups -OCH3 is 1. The van der Waals surface area contributed by atoms with E-state index in [1.807, 2.05) is 18.2 Å². The van der Waals surface area contributed by atoms with Crippen LogP contribution in [-0.4, -0.2) is 12.2 Å². The summed E-state index contributed by atoms with van der Waals surface area (Å²) < 4.78 is 6.07. The topological polar surface area (TPSA) is 29.5 Å². The van der Waals surface area contributed by atoms with Gasteiger partial charge in [0.15, 0.2) is 0 Å². The van der Waals surface area contributed by atoms with Crippen LogP contribution in [0.1, 0.15) is 24.0 Å². The molecule has 0 unspecified atom stereocenters. The quantitative estimate of drug-likeness (QED) is 0.901. The lowest BCUT2D eigenvalue weighted by Crippen LogP contribution is -2.04. The maximum atomic E-state index is 9.89. The maximum Gasteiger partial charge on any atom is 0.0899 e. The highest BCUT2D eigenvalue weighted by Gasteiger charge is 2.42. The average Bonchev–Trinajstić information content (AvgIpc) is 2.89. The van der Waals surface area contributed by atoms with Crippen LogP contribution in [0.15, 0.2) is 22.7 Å². The van der Waals surface area contributed by atoms with Gasteiger partial charge in [0.1, 0.15) is 0 Å². The molecule has 76 valence electrons. The van der Waals surface area contributed by atoms with Gasteiger partial charge >= 0.3 is 0 Å². The van der Waals surface area contributed by atoms with Crippen molar-refractivity contribution >= 4 is 15.9 Å². The van der Waals surface area contributed by atoms with Gasteiger partial charge in [-0.25, -0.2) is 0 Å². The van der Waals surface area contributed by atoms with Crippen molar-refractivity contribution in [3.63, 3.8) is 0 Å². The Hall–Kier alpha value is -0.380. The molecule has 2 rings (SSSR count). The minimum Gasteiger partial charge on any atom is -0.385 e. The van der Waals surface area contributed by atoms with E-state index in [0.29, 0.717) is 6.61 Å². The summed E-state index contributed by atoms with van der Waals surface area (Å²) in [5.74, 6) is 0. The molecular formula is C11H13BrO2. The van der Waals surface area contributed by atoms with E-state index in [4.69, 9.17) is 4.74 Å². The molecule has 3 heteroatoms. The fourth-order valence-electron chi connectivity index (χ4n) is 1.52. The SMILES string of the molecule is COCc1ccc(C2(O)CC2)cc1Br. The van der Waals surface area contributed by atoms with Crippen LogP contribution in [0.3, 0.4) is 0 Å².